The summed E-state index contributed by atoms with van der Waals surface area (Å²) < 4.78 is 25.5. The van der Waals surface area contributed by atoms with Gasteiger partial charge in [0.05, 0.1) is 6.04 Å². The molecule has 2 aliphatic heterocycles. The molecule has 0 radical (unpaired) electrons. The molecule has 1 N–H and O–H groups in total. The van der Waals surface area contributed by atoms with Gasteiger partial charge in [0.15, 0.2) is 0 Å². The summed E-state index contributed by atoms with van der Waals surface area (Å²) >= 11 is 0. The highest BCUT2D eigenvalue weighted by Gasteiger charge is 2.44. The predicted molar refractivity (Wildman–Crippen MR) is 121 cm³/mol. The van der Waals surface area contributed by atoms with Crippen molar-refractivity contribution in [3.8, 4) is 0 Å². The number of carbonyl (C=O) groups is 2. The third kappa shape index (κ3) is 4.92. The molecule has 0 spiro atoms. The van der Waals surface area contributed by atoms with Gasteiger partial charge >= 0.3 is 0 Å². The molecule has 1 saturated heterocycles. The van der Waals surface area contributed by atoms with Gasteiger partial charge in [-0.25, -0.2) is 0 Å². The Hall–Kier alpha value is -3.37. The number of aliphatic imine (C=N–C) groups is 1. The quantitative estimate of drug-likeness (QED) is 0.336. The molecular formula is C24H26F2N4O4. The van der Waals surface area contributed by atoms with Crippen molar-refractivity contribution >= 4 is 23.2 Å². The number of rotatable bonds is 9. The molecule has 2 aromatic carbocycles. The minimum absolute atomic E-state index is 0.202. The van der Waals surface area contributed by atoms with Crippen LogP contribution in [0.2, 0.25) is 0 Å². The fraction of sp³-hybridized carbons (Fsp3) is 0.375. The van der Waals surface area contributed by atoms with Crippen molar-refractivity contribution in [2.75, 3.05) is 11.9 Å². The summed E-state index contributed by atoms with van der Waals surface area (Å²) in [6.07, 6.45) is 0.975. The lowest BCUT2D eigenvalue weighted by Crippen LogP contribution is -2.45. The van der Waals surface area contributed by atoms with E-state index in [1.807, 2.05) is 32.9 Å². The summed E-state index contributed by atoms with van der Waals surface area (Å²) in [6, 6.07) is 12.3. The van der Waals surface area contributed by atoms with Crippen LogP contribution in [0.5, 0.6) is 0 Å². The van der Waals surface area contributed by atoms with Gasteiger partial charge < -0.3 is 10.2 Å². The minimum Gasteiger partial charge on any atom is -0.352 e. The Labute approximate surface area is 196 Å². The Morgan fingerprint density at radius 2 is 1.79 bits per heavy atom. The number of benzene rings is 2. The monoisotopic (exact) mass is 472 g/mol. The van der Waals surface area contributed by atoms with Gasteiger partial charge in [-0.1, -0.05) is 40.2 Å². The molecule has 180 valence electrons. The van der Waals surface area contributed by atoms with Crippen LogP contribution in [0, 0.1) is 0 Å². The van der Waals surface area contributed by atoms with E-state index in [1.54, 1.807) is 17.0 Å². The molecule has 1 atom stereocenters. The van der Waals surface area contributed by atoms with Crippen molar-refractivity contribution < 1.29 is 28.3 Å². The molecular weight excluding hydrogens is 446 g/mol. The van der Waals surface area contributed by atoms with Crippen molar-refractivity contribution in [3.05, 3.63) is 65.2 Å². The number of nitrogens with zero attached hydrogens (tertiary/aromatic N) is 3. The summed E-state index contributed by atoms with van der Waals surface area (Å²) in [4.78, 5) is 41.4. The second-order valence-electron chi connectivity index (χ2n) is 8.62. The topological polar surface area (TPSA) is 90.1 Å². The fourth-order valence-electron chi connectivity index (χ4n) is 4.15. The van der Waals surface area contributed by atoms with Gasteiger partial charge in [0.1, 0.15) is 17.1 Å². The van der Waals surface area contributed by atoms with E-state index >= 15 is 0 Å². The van der Waals surface area contributed by atoms with E-state index in [0.29, 0.717) is 30.5 Å². The van der Waals surface area contributed by atoms with Gasteiger partial charge in [-0.05, 0) is 55.4 Å². The lowest BCUT2D eigenvalue weighted by molar-refractivity contribution is -0.130. The van der Waals surface area contributed by atoms with Crippen molar-refractivity contribution in [1.82, 2.24) is 10.2 Å². The average molecular weight is 472 g/mol. The number of anilines is 1. The van der Waals surface area contributed by atoms with E-state index in [9.17, 15) is 18.6 Å². The van der Waals surface area contributed by atoms with E-state index in [4.69, 9.17) is 0 Å². The van der Waals surface area contributed by atoms with Gasteiger partial charge in [0.2, 0.25) is 6.29 Å². The van der Waals surface area contributed by atoms with Crippen LogP contribution in [0.15, 0.2) is 53.5 Å². The van der Waals surface area contributed by atoms with Crippen LogP contribution in [-0.2, 0) is 14.6 Å². The highest BCUT2D eigenvalue weighted by Crippen LogP contribution is 2.37. The lowest BCUT2D eigenvalue weighted by Gasteiger charge is -2.37. The molecule has 2 aromatic rings. The van der Waals surface area contributed by atoms with Crippen molar-refractivity contribution in [3.63, 3.8) is 0 Å². The van der Waals surface area contributed by atoms with Gasteiger partial charge in [-0.15, -0.1) is 0 Å². The first-order chi connectivity index (χ1) is 16.2. The summed E-state index contributed by atoms with van der Waals surface area (Å²) in [6.45, 7) is 6.10. The predicted octanol–water partition coefficient (Wildman–Crippen LogP) is 4.19. The molecule has 0 saturated carbocycles. The third-order valence-corrected chi connectivity index (χ3v) is 5.89. The highest BCUT2D eigenvalue weighted by molar-refractivity contribution is 6.46. The number of nitrogens with one attached hydrogen (secondary N) is 1. The number of halogens is 2. The molecule has 1 fully saturated rings. The number of hydrogen-bond acceptors (Lipinski definition) is 6. The molecule has 10 heteroatoms. The van der Waals surface area contributed by atoms with Gasteiger partial charge in [0.25, 0.3) is 11.8 Å². The van der Waals surface area contributed by atoms with Crippen LogP contribution < -0.4 is 10.7 Å². The molecule has 1 unspecified atom stereocenters. The smallest absolute Gasteiger partial charge is 0.275 e. The van der Waals surface area contributed by atoms with Crippen LogP contribution in [0.3, 0.4) is 0 Å². The molecule has 2 amide bonds. The summed E-state index contributed by atoms with van der Waals surface area (Å²) in [5.41, 5.74) is 0.998. The average Bonchev–Trinajstić information content (AvgIpc) is 3.61. The third-order valence-electron chi connectivity index (χ3n) is 5.89. The largest absolute Gasteiger partial charge is 0.352 e. The van der Waals surface area contributed by atoms with Crippen LogP contribution >= 0.6 is 0 Å². The Balaban J connectivity index is 1.50. The van der Waals surface area contributed by atoms with Crippen LogP contribution in [0.1, 0.15) is 61.1 Å². The molecule has 8 nitrogen and oxygen atoms in total. The number of hydrogen-bond donors (Lipinski definition) is 1. The zero-order chi connectivity index (χ0) is 24.5. The van der Waals surface area contributed by atoms with E-state index in [0.717, 1.165) is 5.56 Å². The van der Waals surface area contributed by atoms with E-state index < -0.39 is 11.0 Å². The van der Waals surface area contributed by atoms with Gasteiger partial charge in [-0.3, -0.25) is 14.6 Å². The van der Waals surface area contributed by atoms with Crippen molar-refractivity contribution in [1.29, 1.82) is 0 Å². The first-order valence-corrected chi connectivity index (χ1v) is 11.1. The first kappa shape index (κ1) is 23.8. The molecule has 0 aliphatic carbocycles. The maximum atomic E-state index is 13.4. The molecule has 2 heterocycles. The molecule has 0 bridgehead atoms. The molecule has 34 heavy (non-hydrogen) atoms. The fourth-order valence-corrected chi connectivity index (χ4v) is 4.15. The van der Waals surface area contributed by atoms with E-state index in [1.165, 1.54) is 24.3 Å². The second-order valence-corrected chi connectivity index (χ2v) is 8.62. The van der Waals surface area contributed by atoms with E-state index in [-0.39, 0.29) is 35.5 Å². The second kappa shape index (κ2) is 9.47. The minimum atomic E-state index is -0.981. The number of carbonyl (C=O) groups excluding carboxylic acids is 2. The van der Waals surface area contributed by atoms with Gasteiger partial charge in [0, 0.05) is 24.1 Å². The van der Waals surface area contributed by atoms with Crippen LogP contribution in [-0.4, -0.2) is 40.9 Å². The Kier molecular flexibility index (Phi) is 6.63. The Bertz CT molecular complexity index is 1080. The zero-order valence-electron chi connectivity index (χ0n) is 19.1. The zero-order valence-corrected chi connectivity index (χ0v) is 19.1. The number of amides is 2. The van der Waals surface area contributed by atoms with Crippen LogP contribution in [0.4, 0.5) is 14.6 Å². The van der Waals surface area contributed by atoms with Crippen molar-refractivity contribution in [2.24, 2.45) is 4.99 Å². The van der Waals surface area contributed by atoms with Gasteiger partial charge in [-0.2, -0.15) is 9.78 Å². The van der Waals surface area contributed by atoms with Crippen LogP contribution in [0.25, 0.3) is 0 Å². The normalized spacial score (nSPS) is 18.0. The Morgan fingerprint density at radius 3 is 2.35 bits per heavy atom. The molecule has 4 rings (SSSR count). The molecule has 0 aromatic heterocycles. The maximum absolute atomic E-state index is 13.4. The summed E-state index contributed by atoms with van der Waals surface area (Å²) in [7, 11) is 0. The standard InChI is InChI=1S/C24H26F2N4O4/c1-4-19(15-5-7-17(8-6-15)22(31)27-14-13-20-33-34-20)29-23(32)21(28-24(29,2)3)16-9-11-18(12-10-16)30(25)26/h5-12,19-20H,4,13-14H2,1-3H3,(H,27,31). The first-order valence-electron chi connectivity index (χ1n) is 11.1. The van der Waals surface area contributed by atoms with E-state index in [2.05, 4.69) is 20.1 Å². The summed E-state index contributed by atoms with van der Waals surface area (Å²) in [5, 5.41) is 1.83. The lowest BCUT2D eigenvalue weighted by atomic mass is 9.98. The van der Waals surface area contributed by atoms with Crippen molar-refractivity contribution in [2.45, 2.75) is 51.6 Å². The SMILES string of the molecule is CCC(c1ccc(C(=O)NCCC2OO2)cc1)N1C(=O)C(c2ccc(N(F)F)cc2)=NC1(C)C. The summed E-state index contributed by atoms with van der Waals surface area (Å²) in [5.74, 6) is -0.472. The maximum Gasteiger partial charge on any atom is 0.275 e. The highest BCUT2D eigenvalue weighted by atomic mass is 19.4. The molecule has 2 aliphatic rings. The Morgan fingerprint density at radius 1 is 1.15 bits per heavy atom.